The number of carbonyl (C=O) groups is 1. The van der Waals surface area contributed by atoms with Crippen molar-refractivity contribution in [3.63, 3.8) is 0 Å². The summed E-state index contributed by atoms with van der Waals surface area (Å²) >= 11 is 0. The summed E-state index contributed by atoms with van der Waals surface area (Å²) < 4.78 is 7.14. The smallest absolute Gasteiger partial charge is 0.337 e. The maximum Gasteiger partial charge on any atom is 0.337 e. The molecule has 1 fully saturated rings. The molecule has 1 saturated carbocycles. The molecular formula is C15H17NO3. The first kappa shape index (κ1) is 12.2. The van der Waals surface area contributed by atoms with Crippen LogP contribution < -0.4 is 0 Å². The second kappa shape index (κ2) is 4.70. The average Bonchev–Trinajstić information content (AvgIpc) is 3.17. The summed E-state index contributed by atoms with van der Waals surface area (Å²) in [6.07, 6.45) is 4.14. The van der Waals surface area contributed by atoms with Crippen LogP contribution in [0.5, 0.6) is 0 Å². The van der Waals surface area contributed by atoms with Crippen LogP contribution in [-0.4, -0.2) is 29.4 Å². The molecular weight excluding hydrogens is 242 g/mol. The lowest BCUT2D eigenvalue weighted by molar-refractivity contribution is 0.0698. The van der Waals surface area contributed by atoms with Crippen molar-refractivity contribution in [2.24, 2.45) is 0 Å². The number of carboxylic acids is 1. The Bertz CT molecular complexity index is 626. The molecule has 0 unspecified atom stereocenters. The van der Waals surface area contributed by atoms with Crippen LogP contribution in [0, 0.1) is 0 Å². The highest BCUT2D eigenvalue weighted by Crippen LogP contribution is 2.43. The molecule has 4 heteroatoms. The van der Waals surface area contributed by atoms with E-state index in [9.17, 15) is 9.90 Å². The molecule has 0 saturated heterocycles. The molecule has 100 valence electrons. The number of aromatic carboxylic acids is 1. The molecule has 0 bridgehead atoms. The van der Waals surface area contributed by atoms with Gasteiger partial charge in [0.15, 0.2) is 0 Å². The molecule has 1 aromatic heterocycles. The third kappa shape index (κ3) is 2.12. The zero-order valence-electron chi connectivity index (χ0n) is 10.9. The third-order valence-electron chi connectivity index (χ3n) is 3.71. The highest BCUT2D eigenvalue weighted by atomic mass is 16.5. The second-order valence-corrected chi connectivity index (χ2v) is 5.05. The van der Waals surface area contributed by atoms with E-state index in [0.717, 1.165) is 10.9 Å². The Balaban J connectivity index is 2.19. The lowest BCUT2D eigenvalue weighted by atomic mass is 10.1. The van der Waals surface area contributed by atoms with Crippen molar-refractivity contribution < 1.29 is 14.6 Å². The summed E-state index contributed by atoms with van der Waals surface area (Å²) in [5.74, 6) is -0.268. The minimum absolute atomic E-state index is 0.383. The Labute approximate surface area is 111 Å². The van der Waals surface area contributed by atoms with Crippen molar-refractivity contribution in [2.75, 3.05) is 13.7 Å². The van der Waals surface area contributed by atoms with E-state index in [1.54, 1.807) is 13.3 Å². The normalized spacial score (nSPS) is 15.0. The highest BCUT2D eigenvalue weighted by Gasteiger charge is 2.27. The van der Waals surface area contributed by atoms with Gasteiger partial charge in [0.1, 0.15) is 0 Å². The summed E-state index contributed by atoms with van der Waals surface area (Å²) in [5, 5.41) is 10.2. The molecule has 1 heterocycles. The Kier molecular flexibility index (Phi) is 3.03. The van der Waals surface area contributed by atoms with Crippen LogP contribution in [0.4, 0.5) is 0 Å². The quantitative estimate of drug-likeness (QED) is 0.898. The number of fused-ring (bicyclic) bond motifs is 1. The largest absolute Gasteiger partial charge is 0.478 e. The highest BCUT2D eigenvalue weighted by molar-refractivity contribution is 6.04. The van der Waals surface area contributed by atoms with Crippen molar-refractivity contribution in [3.8, 4) is 0 Å². The Hall–Kier alpha value is -1.81. The summed E-state index contributed by atoms with van der Waals surface area (Å²) in [7, 11) is 1.66. The van der Waals surface area contributed by atoms with E-state index >= 15 is 0 Å². The van der Waals surface area contributed by atoms with Crippen LogP contribution in [0.1, 0.15) is 34.7 Å². The van der Waals surface area contributed by atoms with Gasteiger partial charge in [-0.05, 0) is 24.3 Å². The predicted octanol–water partition coefficient (Wildman–Crippen LogP) is 2.86. The molecule has 2 aromatic rings. The Morgan fingerprint density at radius 1 is 1.47 bits per heavy atom. The monoisotopic (exact) mass is 259 g/mol. The van der Waals surface area contributed by atoms with Gasteiger partial charge < -0.3 is 14.4 Å². The summed E-state index contributed by atoms with van der Waals surface area (Å²) in [6, 6.07) is 5.98. The van der Waals surface area contributed by atoms with Gasteiger partial charge in [-0.15, -0.1) is 0 Å². The molecule has 0 radical (unpaired) electrons. The van der Waals surface area contributed by atoms with E-state index in [1.165, 1.54) is 18.4 Å². The van der Waals surface area contributed by atoms with Gasteiger partial charge in [0.05, 0.1) is 17.7 Å². The van der Waals surface area contributed by atoms with Crippen molar-refractivity contribution in [1.29, 1.82) is 0 Å². The Morgan fingerprint density at radius 3 is 2.89 bits per heavy atom. The zero-order chi connectivity index (χ0) is 13.4. The molecule has 1 aliphatic carbocycles. The first-order chi connectivity index (χ1) is 9.22. The minimum atomic E-state index is -0.867. The van der Waals surface area contributed by atoms with Crippen LogP contribution in [-0.2, 0) is 11.3 Å². The number of hydrogen-bond donors (Lipinski definition) is 1. The molecule has 19 heavy (non-hydrogen) atoms. The Morgan fingerprint density at radius 2 is 2.26 bits per heavy atom. The van der Waals surface area contributed by atoms with E-state index in [4.69, 9.17) is 4.74 Å². The first-order valence-corrected chi connectivity index (χ1v) is 6.56. The average molecular weight is 259 g/mol. The number of methoxy groups -OCH3 is 1. The number of rotatable bonds is 5. The van der Waals surface area contributed by atoms with E-state index in [0.29, 0.717) is 24.6 Å². The maximum absolute atomic E-state index is 11.4. The zero-order valence-corrected chi connectivity index (χ0v) is 10.9. The number of hydrogen-bond acceptors (Lipinski definition) is 2. The number of benzene rings is 1. The van der Waals surface area contributed by atoms with Gasteiger partial charge >= 0.3 is 5.97 Å². The van der Waals surface area contributed by atoms with Crippen LogP contribution >= 0.6 is 0 Å². The van der Waals surface area contributed by atoms with Gasteiger partial charge in [-0.1, -0.05) is 18.2 Å². The van der Waals surface area contributed by atoms with E-state index < -0.39 is 5.97 Å². The van der Waals surface area contributed by atoms with Crippen LogP contribution in [0.25, 0.3) is 10.9 Å². The molecule has 1 N–H and O–H groups in total. The van der Waals surface area contributed by atoms with Gasteiger partial charge in [0.25, 0.3) is 0 Å². The van der Waals surface area contributed by atoms with Crippen molar-refractivity contribution in [2.45, 2.75) is 25.3 Å². The molecule has 0 atom stereocenters. The van der Waals surface area contributed by atoms with Crippen molar-refractivity contribution in [3.05, 3.63) is 35.5 Å². The van der Waals surface area contributed by atoms with Crippen molar-refractivity contribution in [1.82, 2.24) is 4.57 Å². The van der Waals surface area contributed by atoms with Gasteiger partial charge in [-0.25, -0.2) is 4.79 Å². The number of ether oxygens (including phenoxy) is 1. The molecule has 1 aromatic carbocycles. The van der Waals surface area contributed by atoms with E-state index in [1.807, 2.05) is 16.7 Å². The van der Waals surface area contributed by atoms with Crippen LogP contribution in [0.15, 0.2) is 24.4 Å². The van der Waals surface area contributed by atoms with Gasteiger partial charge in [0, 0.05) is 25.2 Å². The molecule has 4 nitrogen and oxygen atoms in total. The van der Waals surface area contributed by atoms with E-state index in [2.05, 4.69) is 6.07 Å². The SMILES string of the molecule is COCCn1cc(C(=O)O)c2cccc(C3CC3)c21. The van der Waals surface area contributed by atoms with Gasteiger partial charge in [0.2, 0.25) is 0 Å². The van der Waals surface area contributed by atoms with Crippen LogP contribution in [0.2, 0.25) is 0 Å². The maximum atomic E-state index is 11.4. The number of carboxylic acid groups (broad SMARTS) is 1. The van der Waals surface area contributed by atoms with Crippen molar-refractivity contribution >= 4 is 16.9 Å². The molecule has 0 amide bonds. The molecule has 3 rings (SSSR count). The summed E-state index contributed by atoms with van der Waals surface area (Å²) in [6.45, 7) is 1.27. The minimum Gasteiger partial charge on any atom is -0.478 e. The topological polar surface area (TPSA) is 51.5 Å². The standard InChI is InChI=1S/C15H17NO3/c1-19-8-7-16-9-13(15(17)18)12-4-2-3-11(14(12)16)10-5-6-10/h2-4,9-10H,5-8H2,1H3,(H,17,18). The molecule has 0 spiro atoms. The summed E-state index contributed by atoms with van der Waals surface area (Å²) in [4.78, 5) is 11.4. The first-order valence-electron chi connectivity index (χ1n) is 6.56. The number of nitrogens with zero attached hydrogens (tertiary/aromatic N) is 1. The lowest BCUT2D eigenvalue weighted by Gasteiger charge is -2.08. The fourth-order valence-corrected chi connectivity index (χ4v) is 2.65. The second-order valence-electron chi connectivity index (χ2n) is 5.05. The number of para-hydroxylation sites is 1. The van der Waals surface area contributed by atoms with Gasteiger partial charge in [-0.3, -0.25) is 0 Å². The molecule has 1 aliphatic rings. The fraction of sp³-hybridized carbons (Fsp3) is 0.400. The van der Waals surface area contributed by atoms with Gasteiger partial charge in [-0.2, -0.15) is 0 Å². The lowest BCUT2D eigenvalue weighted by Crippen LogP contribution is -2.04. The number of aromatic nitrogens is 1. The predicted molar refractivity (Wildman–Crippen MR) is 72.7 cm³/mol. The van der Waals surface area contributed by atoms with E-state index in [-0.39, 0.29) is 0 Å². The third-order valence-corrected chi connectivity index (χ3v) is 3.71. The molecule has 0 aliphatic heterocycles. The van der Waals surface area contributed by atoms with Crippen LogP contribution in [0.3, 0.4) is 0 Å². The summed E-state index contributed by atoms with van der Waals surface area (Å²) in [5.41, 5.74) is 2.73. The fourth-order valence-electron chi connectivity index (χ4n) is 2.65.